The van der Waals surface area contributed by atoms with Crippen LogP contribution in [0.1, 0.15) is 33.1 Å². The number of halogens is 2. The number of rotatable bonds is 2. The van der Waals surface area contributed by atoms with Crippen LogP contribution in [-0.2, 0) is 15.9 Å². The second-order valence-corrected chi connectivity index (χ2v) is 1.53. The summed E-state index contributed by atoms with van der Waals surface area (Å²) in [6.07, 6.45) is 4.08. The number of hydrogen-bond donors (Lipinski definition) is 0. The fraction of sp³-hybridized carbons (Fsp3) is 1.00. The molecule has 0 aromatic rings. The summed E-state index contributed by atoms with van der Waals surface area (Å²) in [5, 5.41) is 0. The van der Waals surface area contributed by atoms with Crippen molar-refractivity contribution in [2.24, 2.45) is 0 Å². The average Bonchev–Trinajstić information content (AvgIpc) is 1.71. The molecule has 8 heavy (non-hydrogen) atoms. The first-order chi connectivity index (χ1) is 3.83. The predicted octanol–water partition coefficient (Wildman–Crippen LogP) is 3.03. The van der Waals surface area contributed by atoms with Gasteiger partial charge in [0.05, 0.1) is 0 Å². The Labute approximate surface area is 56.7 Å². The van der Waals surface area contributed by atoms with Crippen molar-refractivity contribution < 1.29 is 23.0 Å². The predicted molar refractivity (Wildman–Crippen MR) is 27.4 cm³/mol. The zero-order valence-corrected chi connectivity index (χ0v) is 6.12. The molecule has 0 fully saturated rings. The fourth-order valence-corrected chi connectivity index (χ4v) is 0.354. The molecule has 0 bridgehead atoms. The molecule has 0 saturated carbocycles. The summed E-state index contributed by atoms with van der Waals surface area (Å²) in [5.74, 6) is 0. The molecule has 0 nitrogen and oxygen atoms in total. The van der Waals surface area contributed by atoms with Crippen molar-refractivity contribution in [3.8, 4) is 0 Å². The Morgan fingerprint density at radius 1 is 1.12 bits per heavy atom. The summed E-state index contributed by atoms with van der Waals surface area (Å²) >= 11 is -1.19. The van der Waals surface area contributed by atoms with Crippen LogP contribution in [-0.4, -0.2) is 0 Å². The van der Waals surface area contributed by atoms with Gasteiger partial charge < -0.3 is 0 Å². The van der Waals surface area contributed by atoms with Gasteiger partial charge >= 0.3 is 23.0 Å². The Kier molecular flexibility index (Phi) is 21.9. The van der Waals surface area contributed by atoms with Gasteiger partial charge in [-0.05, 0) is 0 Å². The SMILES string of the molecule is CCCCC.[F][Cu][F]. The molecule has 0 radical (unpaired) electrons. The van der Waals surface area contributed by atoms with Gasteiger partial charge in [-0.1, -0.05) is 33.1 Å². The third-order valence-electron chi connectivity index (χ3n) is 0.707. The topological polar surface area (TPSA) is 0 Å². The van der Waals surface area contributed by atoms with Gasteiger partial charge in [-0.2, -0.15) is 0 Å². The normalized spacial score (nSPS) is 8.00. The van der Waals surface area contributed by atoms with Crippen LogP contribution in [0.4, 0.5) is 7.10 Å². The van der Waals surface area contributed by atoms with E-state index in [1.807, 2.05) is 0 Å². The third kappa shape index (κ3) is 32.6. The summed E-state index contributed by atoms with van der Waals surface area (Å²) in [5.41, 5.74) is 0. The molecule has 0 heterocycles. The fourth-order valence-electron chi connectivity index (χ4n) is 0.354. The van der Waals surface area contributed by atoms with Gasteiger partial charge in [0, 0.05) is 0 Å². The van der Waals surface area contributed by atoms with E-state index < -0.39 is 15.9 Å². The first-order valence-corrected chi connectivity index (χ1v) is 3.35. The van der Waals surface area contributed by atoms with Gasteiger partial charge in [-0.3, -0.25) is 0 Å². The van der Waals surface area contributed by atoms with Gasteiger partial charge in [0.25, 0.3) is 0 Å². The molecule has 0 N–H and O–H groups in total. The monoisotopic (exact) mass is 173 g/mol. The first kappa shape index (κ1) is 11.2. The second kappa shape index (κ2) is 15.7. The average molecular weight is 174 g/mol. The molecule has 0 rings (SSSR count). The van der Waals surface area contributed by atoms with Crippen molar-refractivity contribution in [1.82, 2.24) is 0 Å². The summed E-state index contributed by atoms with van der Waals surface area (Å²) in [6, 6.07) is 0. The Morgan fingerprint density at radius 2 is 1.38 bits per heavy atom. The zero-order valence-electron chi connectivity index (χ0n) is 5.18. The molecule has 0 aliphatic carbocycles. The molecular weight excluding hydrogens is 162 g/mol. The summed E-state index contributed by atoms with van der Waals surface area (Å²) < 4.78 is 19.1. The molecule has 3 heteroatoms. The van der Waals surface area contributed by atoms with Crippen molar-refractivity contribution in [2.45, 2.75) is 33.1 Å². The summed E-state index contributed by atoms with van der Waals surface area (Å²) in [4.78, 5) is 0. The van der Waals surface area contributed by atoms with Gasteiger partial charge in [0.15, 0.2) is 0 Å². The minimum absolute atomic E-state index is 1.19. The quantitative estimate of drug-likeness (QED) is 0.564. The molecule has 0 aliphatic rings. The van der Waals surface area contributed by atoms with E-state index in [0.29, 0.717) is 0 Å². The Hall–Kier alpha value is 0.379. The van der Waals surface area contributed by atoms with Crippen LogP contribution in [0.3, 0.4) is 0 Å². The Balaban J connectivity index is 0. The molecule has 0 atom stereocenters. The summed E-state index contributed by atoms with van der Waals surface area (Å²) in [6.45, 7) is 4.42. The van der Waals surface area contributed by atoms with Crippen molar-refractivity contribution in [2.75, 3.05) is 0 Å². The van der Waals surface area contributed by atoms with Gasteiger partial charge in [-0.25, -0.2) is 0 Å². The van der Waals surface area contributed by atoms with E-state index in [1.165, 1.54) is 19.3 Å². The number of unbranched alkanes of at least 4 members (excludes halogenated alkanes) is 2. The van der Waals surface area contributed by atoms with E-state index in [-0.39, 0.29) is 0 Å². The van der Waals surface area contributed by atoms with Crippen LogP contribution in [0, 0.1) is 0 Å². The van der Waals surface area contributed by atoms with E-state index >= 15 is 0 Å². The molecule has 0 aromatic carbocycles. The Morgan fingerprint density at radius 3 is 1.38 bits per heavy atom. The molecule has 0 amide bonds. The summed E-state index contributed by atoms with van der Waals surface area (Å²) in [7, 11) is 0. The van der Waals surface area contributed by atoms with Crippen molar-refractivity contribution >= 4 is 0 Å². The van der Waals surface area contributed by atoms with Gasteiger partial charge in [0.1, 0.15) is 0 Å². The van der Waals surface area contributed by atoms with Crippen molar-refractivity contribution in [3.63, 3.8) is 0 Å². The van der Waals surface area contributed by atoms with Crippen molar-refractivity contribution in [1.29, 1.82) is 0 Å². The van der Waals surface area contributed by atoms with Crippen LogP contribution in [0.15, 0.2) is 0 Å². The van der Waals surface area contributed by atoms with E-state index in [1.54, 1.807) is 0 Å². The molecule has 57 valence electrons. The standard InChI is InChI=1S/C5H12.Cu.2FH/c1-3-5-4-2;;;/h3-5H2,1-2H3;;2*1H/q;+2;;/p-2. The maximum absolute atomic E-state index is 9.53. The van der Waals surface area contributed by atoms with Gasteiger partial charge in [-0.15, -0.1) is 0 Å². The van der Waals surface area contributed by atoms with Crippen LogP contribution in [0.25, 0.3) is 0 Å². The zero-order chi connectivity index (χ0) is 6.83. The van der Waals surface area contributed by atoms with E-state index in [4.69, 9.17) is 0 Å². The third-order valence-corrected chi connectivity index (χ3v) is 0.707. The minimum atomic E-state index is -1.19. The van der Waals surface area contributed by atoms with Crippen LogP contribution in [0.2, 0.25) is 0 Å². The van der Waals surface area contributed by atoms with E-state index in [0.717, 1.165) is 0 Å². The molecule has 0 saturated heterocycles. The van der Waals surface area contributed by atoms with E-state index in [2.05, 4.69) is 13.8 Å². The maximum atomic E-state index is 9.53. The van der Waals surface area contributed by atoms with E-state index in [9.17, 15) is 7.10 Å². The Bertz CT molecular complexity index is 24.4. The van der Waals surface area contributed by atoms with Crippen LogP contribution >= 0.6 is 0 Å². The second-order valence-electron chi connectivity index (χ2n) is 1.40. The van der Waals surface area contributed by atoms with Crippen molar-refractivity contribution in [3.05, 3.63) is 0 Å². The molecule has 0 aliphatic heterocycles. The number of hydrogen-bond acceptors (Lipinski definition) is 0. The molecule has 0 aromatic heterocycles. The molecule has 0 unspecified atom stereocenters. The molecular formula is C5H12CuF2. The first-order valence-electron chi connectivity index (χ1n) is 2.64. The van der Waals surface area contributed by atoms with Crippen LogP contribution in [0.5, 0.6) is 0 Å². The molecule has 0 spiro atoms. The van der Waals surface area contributed by atoms with Crippen LogP contribution < -0.4 is 0 Å². The van der Waals surface area contributed by atoms with Gasteiger partial charge in [0.2, 0.25) is 0 Å².